The minimum Gasteiger partial charge on any atom is -0.350 e. The number of benzene rings is 3. The van der Waals surface area contributed by atoms with Gasteiger partial charge in [0.25, 0.3) is 10.0 Å². The Bertz CT molecular complexity index is 1490. The second-order valence-electron chi connectivity index (χ2n) is 10.6. The summed E-state index contributed by atoms with van der Waals surface area (Å²) in [4.78, 5) is 29.0. The van der Waals surface area contributed by atoms with Crippen LogP contribution in [0.15, 0.2) is 71.6 Å². The van der Waals surface area contributed by atoms with Gasteiger partial charge in [-0.15, -0.1) is 0 Å². The molecule has 3 aromatic carbocycles. The highest BCUT2D eigenvalue weighted by molar-refractivity contribution is 7.92. The van der Waals surface area contributed by atoms with E-state index in [9.17, 15) is 18.0 Å². The van der Waals surface area contributed by atoms with E-state index in [1.807, 2.05) is 20.8 Å². The van der Waals surface area contributed by atoms with Crippen LogP contribution in [0.5, 0.6) is 0 Å². The molecule has 11 heteroatoms. The molecule has 0 fully saturated rings. The zero-order chi connectivity index (χ0) is 30.5. The second kappa shape index (κ2) is 13.5. The van der Waals surface area contributed by atoms with Crippen LogP contribution in [0, 0.1) is 6.92 Å². The number of halogens is 3. The lowest BCUT2D eigenvalue weighted by Gasteiger charge is -2.35. The van der Waals surface area contributed by atoms with Crippen molar-refractivity contribution >= 4 is 62.3 Å². The molecule has 0 radical (unpaired) electrons. The lowest BCUT2D eigenvalue weighted by Crippen LogP contribution is -2.55. The Morgan fingerprint density at radius 2 is 1.54 bits per heavy atom. The summed E-state index contributed by atoms with van der Waals surface area (Å²) in [7, 11) is -4.22. The standard InChI is InChI=1S/C30H34Cl3N3O4S/c1-6-26(29(38)34-30(3,4)5)35(18-23-24(32)13-10-14-25(23)33)28(37)19-36(27-17-21(31)16-15-20(27)2)41(39,40)22-11-8-7-9-12-22/h7-17,26H,6,18-19H2,1-5H3,(H,34,38)/t26-/m1/s1. The Morgan fingerprint density at radius 3 is 2.10 bits per heavy atom. The number of nitrogens with one attached hydrogen (secondary N) is 1. The normalized spacial score (nSPS) is 12.5. The fraction of sp³-hybridized carbons (Fsp3) is 0.333. The molecule has 0 saturated heterocycles. The number of hydrogen-bond donors (Lipinski definition) is 1. The number of hydrogen-bond acceptors (Lipinski definition) is 4. The van der Waals surface area contributed by atoms with Gasteiger partial charge in [0.2, 0.25) is 11.8 Å². The third kappa shape index (κ3) is 8.16. The molecule has 1 atom stereocenters. The van der Waals surface area contributed by atoms with E-state index in [0.29, 0.717) is 26.2 Å². The molecule has 0 bridgehead atoms. The zero-order valence-electron chi connectivity index (χ0n) is 23.6. The molecule has 0 aromatic heterocycles. The summed E-state index contributed by atoms with van der Waals surface area (Å²) in [6.45, 7) is 8.32. The maximum atomic E-state index is 14.2. The van der Waals surface area contributed by atoms with Crippen LogP contribution in [0.4, 0.5) is 5.69 Å². The van der Waals surface area contributed by atoms with Crippen molar-refractivity contribution in [3.8, 4) is 0 Å². The molecule has 0 aliphatic carbocycles. The fourth-order valence-corrected chi connectivity index (χ4v) is 6.49. The maximum Gasteiger partial charge on any atom is 0.264 e. The average molecular weight is 639 g/mol. The van der Waals surface area contributed by atoms with Crippen LogP contribution in [0.3, 0.4) is 0 Å². The molecule has 0 spiro atoms. The number of rotatable bonds is 10. The number of carbonyl (C=O) groups is 2. The van der Waals surface area contributed by atoms with Crippen LogP contribution in [0.25, 0.3) is 0 Å². The van der Waals surface area contributed by atoms with Crippen molar-refractivity contribution in [2.75, 3.05) is 10.8 Å². The van der Waals surface area contributed by atoms with Crippen LogP contribution in [-0.4, -0.2) is 43.3 Å². The molecule has 0 heterocycles. The van der Waals surface area contributed by atoms with Gasteiger partial charge in [-0.05, 0) is 76.1 Å². The number of anilines is 1. The molecule has 0 saturated carbocycles. The van der Waals surface area contributed by atoms with Crippen LogP contribution in [0.2, 0.25) is 15.1 Å². The van der Waals surface area contributed by atoms with Gasteiger partial charge in [-0.25, -0.2) is 8.42 Å². The highest BCUT2D eigenvalue weighted by Gasteiger charge is 2.35. The molecule has 0 aliphatic heterocycles. The summed E-state index contributed by atoms with van der Waals surface area (Å²) in [6, 6.07) is 16.7. The van der Waals surface area contributed by atoms with Gasteiger partial charge in [0.05, 0.1) is 10.6 Å². The van der Waals surface area contributed by atoms with Crippen LogP contribution in [-0.2, 0) is 26.2 Å². The smallest absolute Gasteiger partial charge is 0.264 e. The van der Waals surface area contributed by atoms with E-state index in [1.165, 1.54) is 23.1 Å². The summed E-state index contributed by atoms with van der Waals surface area (Å²) in [5, 5.41) is 3.88. The number of sulfonamides is 1. The van der Waals surface area contributed by atoms with Crippen molar-refractivity contribution in [2.24, 2.45) is 0 Å². The Balaban J connectivity index is 2.15. The quantitative estimate of drug-likeness (QED) is 0.263. The lowest BCUT2D eigenvalue weighted by atomic mass is 10.1. The van der Waals surface area contributed by atoms with Gasteiger partial charge in [-0.2, -0.15) is 0 Å². The predicted molar refractivity (Wildman–Crippen MR) is 166 cm³/mol. The Kier molecular flexibility index (Phi) is 10.7. The highest BCUT2D eigenvalue weighted by atomic mass is 35.5. The van der Waals surface area contributed by atoms with Crippen LogP contribution < -0.4 is 9.62 Å². The molecule has 3 aromatic rings. The summed E-state index contributed by atoms with van der Waals surface area (Å²) in [5.41, 5.74) is 0.724. The molecule has 2 amide bonds. The number of aryl methyl sites for hydroxylation is 1. The van der Waals surface area contributed by atoms with Gasteiger partial charge in [-0.1, -0.05) is 72.1 Å². The predicted octanol–water partition coefficient (Wildman–Crippen LogP) is 6.87. The van der Waals surface area contributed by atoms with Gasteiger partial charge < -0.3 is 10.2 Å². The molecule has 3 rings (SSSR count). The lowest BCUT2D eigenvalue weighted by molar-refractivity contribution is -0.141. The Labute approximate surface area is 257 Å². The van der Waals surface area contributed by atoms with E-state index in [0.717, 1.165) is 4.31 Å². The van der Waals surface area contributed by atoms with Crippen molar-refractivity contribution in [3.63, 3.8) is 0 Å². The first-order valence-electron chi connectivity index (χ1n) is 13.0. The summed E-state index contributed by atoms with van der Waals surface area (Å²) >= 11 is 19.2. The van der Waals surface area contributed by atoms with E-state index >= 15 is 0 Å². The molecular formula is C30H34Cl3N3O4S. The van der Waals surface area contributed by atoms with E-state index < -0.39 is 34.1 Å². The molecule has 220 valence electrons. The Hall–Kier alpha value is -2.78. The van der Waals surface area contributed by atoms with Gasteiger partial charge in [0.15, 0.2) is 0 Å². The molecule has 0 aliphatic rings. The van der Waals surface area contributed by atoms with Crippen LogP contribution >= 0.6 is 34.8 Å². The summed E-state index contributed by atoms with van der Waals surface area (Å²) in [5.74, 6) is -0.997. The molecular weight excluding hydrogens is 605 g/mol. The first kappa shape index (κ1) is 32.7. The van der Waals surface area contributed by atoms with Crippen molar-refractivity contribution in [3.05, 3.63) is 92.9 Å². The first-order valence-corrected chi connectivity index (χ1v) is 15.6. The van der Waals surface area contributed by atoms with Gasteiger partial charge >= 0.3 is 0 Å². The summed E-state index contributed by atoms with van der Waals surface area (Å²) < 4.78 is 29.0. The average Bonchev–Trinajstić information content (AvgIpc) is 2.89. The number of amides is 2. The number of carbonyl (C=O) groups excluding carboxylic acids is 2. The number of nitrogens with zero attached hydrogens (tertiary/aromatic N) is 2. The second-order valence-corrected chi connectivity index (χ2v) is 13.8. The maximum absolute atomic E-state index is 14.2. The minimum atomic E-state index is -4.22. The highest BCUT2D eigenvalue weighted by Crippen LogP contribution is 2.31. The SMILES string of the molecule is CC[C@H](C(=O)NC(C)(C)C)N(Cc1c(Cl)cccc1Cl)C(=O)CN(c1cc(Cl)ccc1C)S(=O)(=O)c1ccccc1. The van der Waals surface area contributed by atoms with E-state index in [1.54, 1.807) is 62.4 Å². The third-order valence-electron chi connectivity index (χ3n) is 6.32. The van der Waals surface area contributed by atoms with Gasteiger partial charge in [0.1, 0.15) is 12.6 Å². The first-order chi connectivity index (χ1) is 19.2. The van der Waals surface area contributed by atoms with Crippen molar-refractivity contribution < 1.29 is 18.0 Å². The van der Waals surface area contributed by atoms with Crippen molar-refractivity contribution in [2.45, 2.75) is 64.1 Å². The van der Waals surface area contributed by atoms with Crippen molar-refractivity contribution in [1.29, 1.82) is 0 Å². The fourth-order valence-electron chi connectivity index (χ4n) is 4.31. The molecule has 0 unspecified atom stereocenters. The summed E-state index contributed by atoms with van der Waals surface area (Å²) in [6.07, 6.45) is 0.261. The van der Waals surface area contributed by atoms with E-state index in [2.05, 4.69) is 5.32 Å². The van der Waals surface area contributed by atoms with E-state index in [-0.39, 0.29) is 29.5 Å². The molecule has 1 N–H and O–H groups in total. The van der Waals surface area contributed by atoms with Gasteiger partial charge in [0, 0.05) is 32.7 Å². The van der Waals surface area contributed by atoms with Crippen molar-refractivity contribution in [1.82, 2.24) is 10.2 Å². The van der Waals surface area contributed by atoms with Gasteiger partial charge in [-0.3, -0.25) is 13.9 Å². The molecule has 41 heavy (non-hydrogen) atoms. The third-order valence-corrected chi connectivity index (χ3v) is 9.04. The monoisotopic (exact) mass is 637 g/mol. The minimum absolute atomic E-state index is 0.00499. The van der Waals surface area contributed by atoms with E-state index in [4.69, 9.17) is 34.8 Å². The largest absolute Gasteiger partial charge is 0.350 e. The Morgan fingerprint density at radius 1 is 0.927 bits per heavy atom. The zero-order valence-corrected chi connectivity index (χ0v) is 26.7. The molecule has 7 nitrogen and oxygen atoms in total. The van der Waals surface area contributed by atoms with Crippen LogP contribution in [0.1, 0.15) is 45.2 Å². The topological polar surface area (TPSA) is 86.8 Å².